The number of Topliss-reactive ketones (excluding diaryl/α,β-unsaturated/α-hetero) is 1. The van der Waals surface area contributed by atoms with Gasteiger partial charge in [0.05, 0.1) is 12.0 Å². The summed E-state index contributed by atoms with van der Waals surface area (Å²) in [5.74, 6) is -2.52. The summed E-state index contributed by atoms with van der Waals surface area (Å²) in [6.07, 6.45) is -3.94. The molecule has 0 N–H and O–H groups in total. The highest BCUT2D eigenvalue weighted by Gasteiger charge is 2.51. The first-order valence-corrected chi connectivity index (χ1v) is 6.78. The number of carbonyl (C=O) groups excluding carboxylic acids is 2. The number of amides is 1. The van der Waals surface area contributed by atoms with Crippen molar-refractivity contribution in [2.75, 3.05) is 6.54 Å². The molecule has 0 spiro atoms. The summed E-state index contributed by atoms with van der Waals surface area (Å²) in [4.78, 5) is 23.7. The van der Waals surface area contributed by atoms with Crippen molar-refractivity contribution in [1.29, 1.82) is 0 Å². The van der Waals surface area contributed by atoms with Crippen LogP contribution in [0.25, 0.3) is 0 Å². The second-order valence-electron chi connectivity index (χ2n) is 5.43. The van der Waals surface area contributed by atoms with Crippen LogP contribution in [0.2, 0.25) is 0 Å². The van der Waals surface area contributed by atoms with E-state index in [0.29, 0.717) is 5.56 Å². The third-order valence-electron chi connectivity index (χ3n) is 3.87. The van der Waals surface area contributed by atoms with Crippen LogP contribution in [0.3, 0.4) is 0 Å². The van der Waals surface area contributed by atoms with Gasteiger partial charge < -0.3 is 0 Å². The van der Waals surface area contributed by atoms with E-state index in [1.165, 1.54) is 5.01 Å². The Bertz CT molecular complexity index is 655. The quantitative estimate of drug-likeness (QED) is 0.842. The van der Waals surface area contributed by atoms with Crippen molar-refractivity contribution in [2.24, 2.45) is 5.92 Å². The largest absolute Gasteiger partial charge is 0.454 e. The van der Waals surface area contributed by atoms with Gasteiger partial charge in [-0.15, -0.1) is 0 Å². The van der Waals surface area contributed by atoms with E-state index in [2.05, 4.69) is 0 Å². The SMILES string of the molecule is CC1CN2C(c3ccccc3)C(C(=O)C(F)(F)F)=CN2C1=O. The highest BCUT2D eigenvalue weighted by Crippen LogP contribution is 2.42. The van der Waals surface area contributed by atoms with Gasteiger partial charge in [0.1, 0.15) is 0 Å². The molecule has 7 heteroatoms. The van der Waals surface area contributed by atoms with Crippen LogP contribution in [0.4, 0.5) is 13.2 Å². The number of rotatable bonds is 2. The van der Waals surface area contributed by atoms with E-state index in [0.717, 1.165) is 11.2 Å². The first-order valence-electron chi connectivity index (χ1n) is 6.78. The molecule has 2 atom stereocenters. The monoisotopic (exact) mass is 310 g/mol. The zero-order valence-electron chi connectivity index (χ0n) is 11.7. The number of halogens is 3. The highest BCUT2D eigenvalue weighted by atomic mass is 19.4. The molecule has 2 heterocycles. The molecule has 4 nitrogen and oxygen atoms in total. The summed E-state index contributed by atoms with van der Waals surface area (Å²) in [6.45, 7) is 1.99. The minimum absolute atomic E-state index is 0.281. The number of carbonyl (C=O) groups is 2. The van der Waals surface area contributed by atoms with Gasteiger partial charge in [-0.3, -0.25) is 9.59 Å². The van der Waals surface area contributed by atoms with E-state index in [-0.39, 0.29) is 18.4 Å². The molecule has 1 aromatic rings. The molecule has 2 aliphatic rings. The van der Waals surface area contributed by atoms with E-state index in [4.69, 9.17) is 0 Å². The maximum Gasteiger partial charge on any atom is 0.454 e. The van der Waals surface area contributed by atoms with Gasteiger partial charge in [0, 0.05) is 18.3 Å². The fourth-order valence-electron chi connectivity index (χ4n) is 2.86. The lowest BCUT2D eigenvalue weighted by molar-refractivity contribution is -0.167. The molecule has 0 bridgehead atoms. The Morgan fingerprint density at radius 3 is 2.45 bits per heavy atom. The Hall–Kier alpha value is -2.15. The van der Waals surface area contributed by atoms with Crippen LogP contribution in [-0.2, 0) is 9.59 Å². The van der Waals surface area contributed by atoms with Crippen molar-refractivity contribution in [3.8, 4) is 0 Å². The van der Waals surface area contributed by atoms with Crippen LogP contribution >= 0.6 is 0 Å². The molecule has 0 aromatic heterocycles. The number of nitrogens with zero attached hydrogens (tertiary/aromatic N) is 2. The van der Waals surface area contributed by atoms with Gasteiger partial charge in [-0.2, -0.15) is 13.2 Å². The smallest absolute Gasteiger partial charge is 0.284 e. The summed E-state index contributed by atoms with van der Waals surface area (Å²) >= 11 is 0. The van der Waals surface area contributed by atoms with E-state index < -0.39 is 23.6 Å². The zero-order chi connectivity index (χ0) is 16.1. The molecule has 0 saturated carbocycles. The van der Waals surface area contributed by atoms with E-state index in [1.807, 2.05) is 0 Å². The Kier molecular flexibility index (Phi) is 3.32. The summed E-state index contributed by atoms with van der Waals surface area (Å²) in [5.41, 5.74) is 0.134. The summed E-state index contributed by atoms with van der Waals surface area (Å²) in [7, 11) is 0. The Morgan fingerprint density at radius 2 is 1.86 bits per heavy atom. The van der Waals surface area contributed by atoms with Gasteiger partial charge in [0.15, 0.2) is 0 Å². The Balaban J connectivity index is 2.06. The van der Waals surface area contributed by atoms with Crippen LogP contribution in [-0.4, -0.2) is 34.4 Å². The standard InChI is InChI=1S/C15H13F3N2O2/c1-9-7-19-12(10-5-3-2-4-6-10)11(8-20(19)14(9)22)13(21)15(16,17)18/h2-6,8-9,12H,7H2,1H3. The maximum absolute atomic E-state index is 12.8. The first kappa shape index (κ1) is 14.8. The van der Waals surface area contributed by atoms with Gasteiger partial charge >= 0.3 is 6.18 Å². The molecular weight excluding hydrogens is 297 g/mol. The van der Waals surface area contributed by atoms with Crippen molar-refractivity contribution in [1.82, 2.24) is 10.0 Å². The lowest BCUT2D eigenvalue weighted by Gasteiger charge is -2.26. The molecule has 3 rings (SSSR count). The number of benzene rings is 1. The number of alkyl halides is 3. The third kappa shape index (κ3) is 2.21. The summed E-state index contributed by atoms with van der Waals surface area (Å²) in [6, 6.07) is 7.54. The molecule has 2 unspecified atom stereocenters. The molecule has 116 valence electrons. The van der Waals surface area contributed by atoms with Crippen molar-refractivity contribution in [2.45, 2.75) is 19.1 Å². The van der Waals surface area contributed by atoms with Gasteiger partial charge in [0.2, 0.25) is 5.91 Å². The molecule has 1 aromatic carbocycles. The van der Waals surface area contributed by atoms with Gasteiger partial charge in [0.25, 0.3) is 5.78 Å². The second-order valence-corrected chi connectivity index (χ2v) is 5.43. The molecule has 1 fully saturated rings. The fourth-order valence-corrected chi connectivity index (χ4v) is 2.86. The fraction of sp³-hybridized carbons (Fsp3) is 0.333. The molecule has 1 saturated heterocycles. The number of ketones is 1. The number of hydrazine groups is 1. The lowest BCUT2D eigenvalue weighted by atomic mass is 9.95. The third-order valence-corrected chi connectivity index (χ3v) is 3.87. The Morgan fingerprint density at radius 1 is 1.23 bits per heavy atom. The zero-order valence-corrected chi connectivity index (χ0v) is 11.7. The van der Waals surface area contributed by atoms with Gasteiger partial charge in [-0.1, -0.05) is 37.3 Å². The molecule has 0 radical (unpaired) electrons. The average molecular weight is 310 g/mol. The van der Waals surface area contributed by atoms with E-state index in [9.17, 15) is 22.8 Å². The normalized spacial score (nSPS) is 25.4. The maximum atomic E-state index is 12.8. The van der Waals surface area contributed by atoms with E-state index in [1.54, 1.807) is 37.3 Å². The number of hydrogen-bond acceptors (Lipinski definition) is 3. The van der Waals surface area contributed by atoms with Crippen molar-refractivity contribution in [3.63, 3.8) is 0 Å². The molecule has 22 heavy (non-hydrogen) atoms. The van der Waals surface area contributed by atoms with Crippen molar-refractivity contribution >= 4 is 11.7 Å². The summed E-state index contributed by atoms with van der Waals surface area (Å²) in [5, 5.41) is 2.66. The van der Waals surface area contributed by atoms with Crippen molar-refractivity contribution < 1.29 is 22.8 Å². The Labute approximate surface area is 124 Å². The highest BCUT2D eigenvalue weighted by molar-refractivity contribution is 6.02. The van der Waals surface area contributed by atoms with Crippen molar-refractivity contribution in [3.05, 3.63) is 47.7 Å². The van der Waals surface area contributed by atoms with E-state index >= 15 is 0 Å². The predicted molar refractivity (Wildman–Crippen MR) is 71.0 cm³/mol. The van der Waals surface area contributed by atoms with Crippen LogP contribution in [0.15, 0.2) is 42.1 Å². The molecular formula is C15H13F3N2O2. The first-order chi connectivity index (χ1) is 10.3. The van der Waals surface area contributed by atoms with Crippen LogP contribution in [0, 0.1) is 5.92 Å². The number of hydrogen-bond donors (Lipinski definition) is 0. The van der Waals surface area contributed by atoms with Gasteiger partial charge in [-0.05, 0) is 5.56 Å². The summed E-state index contributed by atoms with van der Waals surface area (Å²) < 4.78 is 38.5. The average Bonchev–Trinajstić information content (AvgIpc) is 2.96. The second kappa shape index (κ2) is 4.95. The van der Waals surface area contributed by atoms with Gasteiger partial charge in [-0.25, -0.2) is 10.0 Å². The molecule has 2 aliphatic heterocycles. The lowest BCUT2D eigenvalue weighted by Crippen LogP contribution is -2.34. The van der Waals surface area contributed by atoms with Crippen LogP contribution < -0.4 is 0 Å². The topological polar surface area (TPSA) is 40.6 Å². The number of fused-ring (bicyclic) bond motifs is 1. The van der Waals surface area contributed by atoms with Crippen LogP contribution in [0.5, 0.6) is 0 Å². The van der Waals surface area contributed by atoms with Crippen LogP contribution in [0.1, 0.15) is 18.5 Å². The minimum atomic E-state index is -4.96. The predicted octanol–water partition coefficient (Wildman–Crippen LogP) is 2.45. The molecule has 1 amide bonds. The molecule has 0 aliphatic carbocycles. The minimum Gasteiger partial charge on any atom is -0.284 e.